The van der Waals surface area contributed by atoms with Gasteiger partial charge < -0.3 is 20.5 Å². The highest BCUT2D eigenvalue weighted by atomic mass is 16.5. The van der Waals surface area contributed by atoms with Crippen LogP contribution in [0.4, 0.5) is 5.69 Å². The van der Waals surface area contributed by atoms with Crippen LogP contribution in [0.15, 0.2) is 18.2 Å². The molecule has 0 aliphatic carbocycles. The lowest BCUT2D eigenvalue weighted by atomic mass is 9.99. The van der Waals surface area contributed by atoms with Crippen LogP contribution in [0.5, 0.6) is 5.75 Å². The van der Waals surface area contributed by atoms with Crippen LogP contribution in [0.2, 0.25) is 0 Å². The molecule has 0 aromatic heterocycles. The number of nitrogens with two attached hydrogens (primary N) is 1. The Labute approximate surface area is 113 Å². The summed E-state index contributed by atoms with van der Waals surface area (Å²) in [5.41, 5.74) is 6.27. The number of hydrogen-bond acceptors (Lipinski definition) is 4. The van der Waals surface area contributed by atoms with Crippen LogP contribution in [0.1, 0.15) is 23.2 Å². The van der Waals surface area contributed by atoms with E-state index in [2.05, 4.69) is 0 Å². The Morgan fingerprint density at radius 1 is 1.47 bits per heavy atom. The second kappa shape index (κ2) is 5.93. The fraction of sp³-hybridized carbons (Fsp3) is 0.500. The summed E-state index contributed by atoms with van der Waals surface area (Å²) in [6, 6.07) is 4.60. The first kappa shape index (κ1) is 13.7. The zero-order valence-electron chi connectivity index (χ0n) is 11.1. The molecule has 1 aromatic rings. The average Bonchev–Trinajstić information content (AvgIpc) is 2.42. The van der Waals surface area contributed by atoms with E-state index < -0.39 is 0 Å². The molecule has 1 aliphatic rings. The van der Waals surface area contributed by atoms with E-state index in [0.717, 1.165) is 26.1 Å². The number of amides is 1. The minimum absolute atomic E-state index is 0.0506. The van der Waals surface area contributed by atoms with E-state index in [1.165, 1.54) is 6.07 Å². The Morgan fingerprint density at radius 3 is 2.79 bits per heavy atom. The lowest BCUT2D eigenvalue weighted by molar-refractivity contribution is 0.0497. The Bertz CT molecular complexity index is 456. The van der Waals surface area contributed by atoms with E-state index in [1.54, 1.807) is 24.1 Å². The first-order valence-electron chi connectivity index (χ1n) is 6.49. The number of carbonyl (C=O) groups is 1. The number of nitrogens with zero attached hydrogens (tertiary/aromatic N) is 1. The van der Waals surface area contributed by atoms with Crippen LogP contribution in [0.25, 0.3) is 0 Å². The zero-order chi connectivity index (χ0) is 13.8. The molecule has 1 saturated heterocycles. The van der Waals surface area contributed by atoms with Crippen LogP contribution in [0.3, 0.4) is 0 Å². The number of aromatic hydroxyl groups is 1. The number of ether oxygens (including phenoxy) is 1. The number of benzene rings is 1. The number of phenols is 1. The van der Waals surface area contributed by atoms with Gasteiger partial charge in [-0.05, 0) is 37.0 Å². The van der Waals surface area contributed by atoms with Crippen molar-refractivity contribution in [3.8, 4) is 5.75 Å². The Hall–Kier alpha value is -1.75. The summed E-state index contributed by atoms with van der Waals surface area (Å²) in [5.74, 6) is 0.345. The number of nitrogen functional groups attached to an aromatic ring is 1. The second-order valence-electron chi connectivity index (χ2n) is 5.02. The molecule has 5 nitrogen and oxygen atoms in total. The number of rotatable bonds is 3. The summed E-state index contributed by atoms with van der Waals surface area (Å²) in [4.78, 5) is 13.9. The van der Waals surface area contributed by atoms with Gasteiger partial charge in [0, 0.05) is 32.4 Å². The molecular formula is C14H20N2O3. The summed E-state index contributed by atoms with van der Waals surface area (Å²) >= 11 is 0. The van der Waals surface area contributed by atoms with Gasteiger partial charge >= 0.3 is 0 Å². The van der Waals surface area contributed by atoms with Gasteiger partial charge in [0.25, 0.3) is 5.91 Å². The predicted molar refractivity (Wildman–Crippen MR) is 73.0 cm³/mol. The molecule has 0 bridgehead atoms. The molecule has 1 aromatic carbocycles. The van der Waals surface area contributed by atoms with E-state index in [0.29, 0.717) is 18.0 Å². The molecule has 104 valence electrons. The van der Waals surface area contributed by atoms with Crippen molar-refractivity contribution < 1.29 is 14.6 Å². The van der Waals surface area contributed by atoms with Crippen LogP contribution >= 0.6 is 0 Å². The second-order valence-corrected chi connectivity index (χ2v) is 5.02. The van der Waals surface area contributed by atoms with Crippen molar-refractivity contribution in [3.05, 3.63) is 23.8 Å². The average molecular weight is 264 g/mol. The predicted octanol–water partition coefficient (Wildman–Crippen LogP) is 1.47. The van der Waals surface area contributed by atoms with E-state index in [9.17, 15) is 9.90 Å². The maximum atomic E-state index is 12.2. The van der Waals surface area contributed by atoms with Crippen molar-refractivity contribution in [2.75, 3.05) is 32.5 Å². The van der Waals surface area contributed by atoms with E-state index in [4.69, 9.17) is 10.5 Å². The molecular weight excluding hydrogens is 244 g/mol. The molecule has 0 radical (unpaired) electrons. The number of anilines is 1. The Balaban J connectivity index is 1.99. The molecule has 3 N–H and O–H groups in total. The summed E-state index contributed by atoms with van der Waals surface area (Å²) in [5, 5.41) is 9.54. The molecule has 1 fully saturated rings. The Kier molecular flexibility index (Phi) is 4.27. The monoisotopic (exact) mass is 264 g/mol. The van der Waals surface area contributed by atoms with Crippen molar-refractivity contribution >= 4 is 11.6 Å². The van der Waals surface area contributed by atoms with E-state index in [1.807, 2.05) is 0 Å². The van der Waals surface area contributed by atoms with Crippen LogP contribution < -0.4 is 5.73 Å². The van der Waals surface area contributed by atoms with Gasteiger partial charge in [-0.2, -0.15) is 0 Å². The molecule has 5 heteroatoms. The number of phenolic OH excluding ortho intramolecular Hbond substituents is 1. The smallest absolute Gasteiger partial charge is 0.253 e. The summed E-state index contributed by atoms with van der Waals surface area (Å²) in [6.07, 6.45) is 1.98. The van der Waals surface area contributed by atoms with Crippen molar-refractivity contribution in [3.63, 3.8) is 0 Å². The largest absolute Gasteiger partial charge is 0.506 e. The highest BCUT2D eigenvalue weighted by Gasteiger charge is 2.19. The van der Waals surface area contributed by atoms with Gasteiger partial charge in [-0.3, -0.25) is 4.79 Å². The first-order valence-corrected chi connectivity index (χ1v) is 6.49. The fourth-order valence-corrected chi connectivity index (χ4v) is 2.30. The quantitative estimate of drug-likeness (QED) is 0.640. The van der Waals surface area contributed by atoms with E-state index in [-0.39, 0.29) is 17.3 Å². The Morgan fingerprint density at radius 2 is 2.16 bits per heavy atom. The standard InChI is InChI=1S/C14H20N2O3/c1-16(9-10-4-6-19-7-5-10)14(18)11-2-3-12(15)13(17)8-11/h2-3,8,10,17H,4-7,9,15H2,1H3. The highest BCUT2D eigenvalue weighted by Crippen LogP contribution is 2.22. The SMILES string of the molecule is CN(CC1CCOCC1)C(=O)c1ccc(N)c(O)c1. The summed E-state index contributed by atoms with van der Waals surface area (Å²) in [6.45, 7) is 2.26. The van der Waals surface area contributed by atoms with E-state index >= 15 is 0 Å². The summed E-state index contributed by atoms with van der Waals surface area (Å²) in [7, 11) is 1.78. The van der Waals surface area contributed by atoms with Gasteiger partial charge in [-0.1, -0.05) is 0 Å². The van der Waals surface area contributed by atoms with Gasteiger partial charge in [-0.15, -0.1) is 0 Å². The summed E-state index contributed by atoms with van der Waals surface area (Å²) < 4.78 is 5.30. The molecule has 0 unspecified atom stereocenters. The number of hydrogen-bond donors (Lipinski definition) is 2. The van der Waals surface area contributed by atoms with Gasteiger partial charge in [0.2, 0.25) is 0 Å². The third-order valence-electron chi connectivity index (χ3n) is 3.50. The molecule has 2 rings (SSSR count). The lowest BCUT2D eigenvalue weighted by Gasteiger charge is -2.27. The maximum Gasteiger partial charge on any atom is 0.253 e. The van der Waals surface area contributed by atoms with Crippen molar-refractivity contribution in [1.29, 1.82) is 0 Å². The maximum absolute atomic E-state index is 12.2. The lowest BCUT2D eigenvalue weighted by Crippen LogP contribution is -2.34. The molecule has 0 saturated carbocycles. The molecule has 0 atom stereocenters. The normalized spacial score (nSPS) is 16.3. The highest BCUT2D eigenvalue weighted by molar-refractivity contribution is 5.95. The fourth-order valence-electron chi connectivity index (χ4n) is 2.30. The van der Waals surface area contributed by atoms with Gasteiger partial charge in [0.1, 0.15) is 5.75 Å². The number of carbonyl (C=O) groups excluding carboxylic acids is 1. The van der Waals surface area contributed by atoms with Crippen LogP contribution in [-0.4, -0.2) is 42.7 Å². The van der Waals surface area contributed by atoms with Gasteiger partial charge in [0.05, 0.1) is 5.69 Å². The zero-order valence-corrected chi connectivity index (χ0v) is 11.1. The third kappa shape index (κ3) is 3.38. The molecule has 1 heterocycles. The van der Waals surface area contributed by atoms with Crippen LogP contribution in [0, 0.1) is 5.92 Å². The minimum Gasteiger partial charge on any atom is -0.506 e. The topological polar surface area (TPSA) is 75.8 Å². The molecule has 0 spiro atoms. The minimum atomic E-state index is -0.0956. The first-order chi connectivity index (χ1) is 9.08. The molecule has 19 heavy (non-hydrogen) atoms. The molecule has 1 aliphatic heterocycles. The van der Waals surface area contributed by atoms with Crippen LogP contribution in [-0.2, 0) is 4.74 Å². The van der Waals surface area contributed by atoms with Crippen molar-refractivity contribution in [1.82, 2.24) is 4.90 Å². The van der Waals surface area contributed by atoms with Gasteiger partial charge in [-0.25, -0.2) is 0 Å². The van der Waals surface area contributed by atoms with Crippen molar-refractivity contribution in [2.45, 2.75) is 12.8 Å². The third-order valence-corrected chi connectivity index (χ3v) is 3.50. The van der Waals surface area contributed by atoms with Gasteiger partial charge in [0.15, 0.2) is 0 Å². The molecule has 1 amide bonds. The van der Waals surface area contributed by atoms with Crippen molar-refractivity contribution in [2.24, 2.45) is 5.92 Å².